The van der Waals surface area contributed by atoms with Crippen LogP contribution in [0.1, 0.15) is 35.7 Å². The fraction of sp³-hybridized carbons (Fsp3) is 0.391. The molecule has 1 aliphatic carbocycles. The number of likely N-dealkylation sites (N-methyl/N-ethyl adjacent to an activating group) is 1. The summed E-state index contributed by atoms with van der Waals surface area (Å²) in [6.45, 7) is 0. The number of rotatable bonds is 5. The molecule has 8 nitrogen and oxygen atoms in total. The number of hydrogen-bond donors (Lipinski definition) is 2. The van der Waals surface area contributed by atoms with E-state index in [1.54, 1.807) is 0 Å². The minimum atomic E-state index is -4.88. The predicted molar refractivity (Wildman–Crippen MR) is 120 cm³/mol. The Morgan fingerprint density at radius 1 is 1.23 bits per heavy atom. The molecule has 35 heavy (non-hydrogen) atoms. The number of fused-ring (bicyclic) bond motifs is 1. The van der Waals surface area contributed by atoms with Crippen LogP contribution in [0.5, 0.6) is 0 Å². The minimum Gasteiger partial charge on any atom is -0.465 e. The van der Waals surface area contributed by atoms with Crippen molar-refractivity contribution in [2.24, 2.45) is 0 Å². The van der Waals surface area contributed by atoms with Crippen molar-refractivity contribution in [1.82, 2.24) is 14.8 Å². The van der Waals surface area contributed by atoms with Crippen molar-refractivity contribution in [2.45, 2.75) is 50.0 Å². The summed E-state index contributed by atoms with van der Waals surface area (Å²) in [5.74, 6) is -1.94. The molecule has 2 aliphatic rings. The summed E-state index contributed by atoms with van der Waals surface area (Å²) < 4.78 is 42.0. The predicted octanol–water partition coefficient (Wildman–Crippen LogP) is 4.05. The Labute approximate surface area is 203 Å². The van der Waals surface area contributed by atoms with Gasteiger partial charge in [0.2, 0.25) is 11.8 Å². The third-order valence-electron chi connectivity index (χ3n) is 6.29. The molecule has 4 rings (SSSR count). The van der Waals surface area contributed by atoms with Crippen LogP contribution in [0, 0.1) is 0 Å². The highest BCUT2D eigenvalue weighted by Gasteiger charge is 2.50. The highest BCUT2D eigenvalue weighted by Crippen LogP contribution is 2.38. The van der Waals surface area contributed by atoms with Gasteiger partial charge in [-0.25, -0.2) is 9.69 Å². The lowest BCUT2D eigenvalue weighted by atomic mass is 10.1. The molecule has 1 aliphatic heterocycles. The van der Waals surface area contributed by atoms with Crippen LogP contribution in [0.4, 0.5) is 23.7 Å². The van der Waals surface area contributed by atoms with Crippen molar-refractivity contribution in [3.05, 3.63) is 58.4 Å². The van der Waals surface area contributed by atoms with Crippen LogP contribution in [0.2, 0.25) is 5.02 Å². The van der Waals surface area contributed by atoms with Gasteiger partial charge in [0, 0.05) is 24.5 Å². The van der Waals surface area contributed by atoms with E-state index in [9.17, 15) is 32.7 Å². The lowest BCUT2D eigenvalue weighted by molar-refractivity contribution is -0.191. The van der Waals surface area contributed by atoms with Crippen LogP contribution < -0.4 is 5.32 Å². The Balaban J connectivity index is 1.49. The first-order valence-electron chi connectivity index (χ1n) is 10.8. The topological polar surface area (TPSA) is 103 Å². The maximum Gasteiger partial charge on any atom is 0.414 e. The number of likely N-dealkylation sites (tertiary alicyclic amines) is 1. The van der Waals surface area contributed by atoms with Crippen molar-refractivity contribution in [3.8, 4) is 0 Å². The molecule has 0 spiro atoms. The van der Waals surface area contributed by atoms with E-state index in [0.717, 1.165) is 24.6 Å². The van der Waals surface area contributed by atoms with E-state index in [0.29, 0.717) is 26.9 Å². The highest BCUT2D eigenvalue weighted by molar-refractivity contribution is 6.30. The summed E-state index contributed by atoms with van der Waals surface area (Å²) in [7, 11) is 0.929. The number of halogens is 4. The van der Waals surface area contributed by atoms with Gasteiger partial charge in [0.25, 0.3) is 0 Å². The van der Waals surface area contributed by atoms with Gasteiger partial charge in [-0.1, -0.05) is 17.7 Å². The number of benzene rings is 1. The van der Waals surface area contributed by atoms with E-state index >= 15 is 0 Å². The molecular weight excluding hydrogens is 489 g/mol. The molecule has 2 N–H and O–H groups in total. The summed E-state index contributed by atoms with van der Waals surface area (Å²) in [6, 6.07) is 4.40. The van der Waals surface area contributed by atoms with Crippen LogP contribution >= 0.6 is 11.6 Å². The van der Waals surface area contributed by atoms with Gasteiger partial charge < -0.3 is 15.3 Å². The molecule has 0 bridgehead atoms. The number of carbonyl (C=O) groups excluding carboxylic acids is 2. The molecule has 12 heteroatoms. The quantitative estimate of drug-likeness (QED) is 0.629. The van der Waals surface area contributed by atoms with Crippen LogP contribution in [0.25, 0.3) is 0 Å². The number of alkyl halides is 3. The van der Waals surface area contributed by atoms with Crippen molar-refractivity contribution in [2.75, 3.05) is 12.4 Å². The van der Waals surface area contributed by atoms with Crippen molar-refractivity contribution < 1.29 is 32.7 Å². The third-order valence-corrected chi connectivity index (χ3v) is 6.52. The van der Waals surface area contributed by atoms with E-state index in [4.69, 9.17) is 11.6 Å². The zero-order chi connectivity index (χ0) is 25.5. The van der Waals surface area contributed by atoms with Crippen molar-refractivity contribution in [1.29, 1.82) is 0 Å². The van der Waals surface area contributed by atoms with E-state index < -0.39 is 41.9 Å². The second-order valence-corrected chi connectivity index (χ2v) is 9.06. The van der Waals surface area contributed by atoms with Gasteiger partial charge in [-0.05, 0) is 54.7 Å². The van der Waals surface area contributed by atoms with Crippen LogP contribution in [0.15, 0.2) is 36.5 Å². The summed E-state index contributed by atoms with van der Waals surface area (Å²) >= 11 is 6.04. The zero-order valence-corrected chi connectivity index (χ0v) is 19.3. The lowest BCUT2D eigenvalue weighted by Gasteiger charge is -2.32. The summed E-state index contributed by atoms with van der Waals surface area (Å²) in [4.78, 5) is 40.6. The van der Waals surface area contributed by atoms with Gasteiger partial charge in [-0.3, -0.25) is 14.6 Å². The molecule has 2 aromatic rings. The van der Waals surface area contributed by atoms with Crippen LogP contribution in [0.3, 0.4) is 0 Å². The summed E-state index contributed by atoms with van der Waals surface area (Å²) in [6.07, 6.45) is -4.25. The number of imide groups is 1. The molecule has 1 saturated heterocycles. The maximum atomic E-state index is 14.0. The molecule has 1 fully saturated rings. The van der Waals surface area contributed by atoms with Crippen LogP contribution in [-0.2, 0) is 22.4 Å². The molecule has 0 saturated carbocycles. The van der Waals surface area contributed by atoms with Crippen molar-refractivity contribution >= 4 is 35.2 Å². The molecule has 1 aromatic carbocycles. The average Bonchev–Trinajstić information content (AvgIpc) is 3.35. The molecule has 3 atom stereocenters. The van der Waals surface area contributed by atoms with E-state index in [-0.39, 0.29) is 18.9 Å². The third kappa shape index (κ3) is 5.04. The fourth-order valence-electron chi connectivity index (χ4n) is 4.68. The summed E-state index contributed by atoms with van der Waals surface area (Å²) in [5, 5.41) is 13.1. The highest BCUT2D eigenvalue weighted by atomic mass is 35.5. The molecule has 0 unspecified atom stereocenters. The number of hydrogen-bond acceptors (Lipinski definition) is 5. The normalized spacial score (nSPS) is 20.5. The number of carbonyl (C=O) groups is 3. The Hall–Kier alpha value is -3.34. The second-order valence-electron chi connectivity index (χ2n) is 8.63. The zero-order valence-electron chi connectivity index (χ0n) is 18.6. The monoisotopic (exact) mass is 510 g/mol. The Morgan fingerprint density at radius 2 is 1.94 bits per heavy atom. The SMILES string of the molecule is CN(C(=O)[C@H]1CCC(=O)N1C(=O)O)[C@@H](c1ccc(N[C@H]2Cc3ccc(Cl)cc3C2)cn1)C(F)(F)F. The first-order chi connectivity index (χ1) is 16.5. The number of nitrogens with zero attached hydrogens (tertiary/aromatic N) is 3. The van der Waals surface area contributed by atoms with Gasteiger partial charge in [0.15, 0.2) is 6.04 Å². The lowest BCUT2D eigenvalue weighted by Crippen LogP contribution is -2.50. The van der Waals surface area contributed by atoms with Gasteiger partial charge in [-0.2, -0.15) is 13.2 Å². The molecule has 186 valence electrons. The Morgan fingerprint density at radius 3 is 2.57 bits per heavy atom. The minimum absolute atomic E-state index is 0.0284. The number of nitrogens with one attached hydrogen (secondary N) is 1. The van der Waals surface area contributed by atoms with Gasteiger partial charge in [0.1, 0.15) is 6.04 Å². The molecule has 2 heterocycles. The average molecular weight is 511 g/mol. The number of amides is 3. The van der Waals surface area contributed by atoms with Gasteiger partial charge in [-0.15, -0.1) is 0 Å². The first-order valence-corrected chi connectivity index (χ1v) is 11.2. The smallest absolute Gasteiger partial charge is 0.414 e. The molecule has 3 amide bonds. The number of carboxylic acid groups (broad SMARTS) is 1. The number of anilines is 1. The fourth-order valence-corrected chi connectivity index (χ4v) is 4.88. The summed E-state index contributed by atoms with van der Waals surface area (Å²) in [5.41, 5.74) is 2.35. The van der Waals surface area contributed by atoms with E-state index in [2.05, 4.69) is 10.3 Å². The second kappa shape index (κ2) is 9.37. The van der Waals surface area contributed by atoms with Gasteiger partial charge >= 0.3 is 12.3 Å². The molecule has 1 aromatic heterocycles. The number of aromatic nitrogens is 1. The Bertz CT molecular complexity index is 1160. The van der Waals surface area contributed by atoms with Crippen LogP contribution in [-0.4, -0.2) is 63.1 Å². The standard InChI is InChI=1S/C23H22ClF3N4O4/c1-30(21(33)18-6-7-19(32)31(18)22(34)35)20(23(25,26)27)17-5-4-15(11-28-17)29-16-9-12-2-3-14(24)8-13(12)10-16/h2-5,8,11,16,18,20,29H,6-7,9-10H2,1H3,(H,34,35)/t16-,18+,20-/m0/s1. The van der Waals surface area contributed by atoms with Gasteiger partial charge in [0.05, 0.1) is 17.6 Å². The largest absolute Gasteiger partial charge is 0.465 e. The first kappa shape index (κ1) is 24.8. The number of pyridine rings is 1. The molecule has 0 radical (unpaired) electrons. The van der Waals surface area contributed by atoms with Crippen molar-refractivity contribution in [3.63, 3.8) is 0 Å². The maximum absolute atomic E-state index is 14.0. The molecular formula is C23H22ClF3N4O4. The van der Waals surface area contributed by atoms with E-state index in [1.807, 2.05) is 18.2 Å². The Kier molecular flexibility index (Phi) is 6.63. The van der Waals surface area contributed by atoms with E-state index in [1.165, 1.54) is 18.3 Å².